The second-order valence-corrected chi connectivity index (χ2v) is 11.2. The molecule has 10 nitrogen and oxygen atoms in total. The summed E-state index contributed by atoms with van der Waals surface area (Å²) in [5, 5.41) is 5.59. The SMILES string of the molecule is COC(=O)c1ccc(COc2ccc(-c3nn(C4CCC(N5CCN(C)CC5)CC4)c4ncnc(N)c34)cc2F)cc1. The predicted molar refractivity (Wildman–Crippen MR) is 158 cm³/mol. The van der Waals surface area contributed by atoms with Gasteiger partial charge in [-0.15, -0.1) is 0 Å². The van der Waals surface area contributed by atoms with Gasteiger partial charge in [0.1, 0.15) is 24.4 Å². The number of halogens is 1. The van der Waals surface area contributed by atoms with Crippen LogP contribution in [0.25, 0.3) is 22.3 Å². The average molecular weight is 574 g/mol. The summed E-state index contributed by atoms with van der Waals surface area (Å²) in [6, 6.07) is 12.4. The number of nitrogen functional groups attached to an aromatic ring is 1. The van der Waals surface area contributed by atoms with E-state index in [-0.39, 0.29) is 18.4 Å². The Hall–Kier alpha value is -4.09. The Morgan fingerprint density at radius 1 is 1.00 bits per heavy atom. The molecule has 3 heterocycles. The topological polar surface area (TPSA) is 112 Å². The quantitative estimate of drug-likeness (QED) is 0.323. The van der Waals surface area contributed by atoms with Crippen molar-refractivity contribution >= 4 is 22.8 Å². The van der Waals surface area contributed by atoms with Crippen LogP contribution in [0.3, 0.4) is 0 Å². The van der Waals surface area contributed by atoms with Crippen LogP contribution in [-0.2, 0) is 11.3 Å². The highest BCUT2D eigenvalue weighted by Crippen LogP contribution is 2.38. The number of rotatable bonds is 7. The Bertz CT molecular complexity index is 1560. The molecule has 1 aliphatic carbocycles. The first-order valence-corrected chi connectivity index (χ1v) is 14.4. The minimum atomic E-state index is -0.510. The van der Waals surface area contributed by atoms with Gasteiger partial charge in [0, 0.05) is 37.8 Å². The van der Waals surface area contributed by atoms with Gasteiger partial charge in [-0.05, 0) is 68.6 Å². The van der Waals surface area contributed by atoms with Gasteiger partial charge in [0.05, 0.1) is 24.1 Å². The predicted octanol–water partition coefficient (Wildman–Crippen LogP) is 4.31. The minimum Gasteiger partial charge on any atom is -0.486 e. The highest BCUT2D eigenvalue weighted by Gasteiger charge is 2.30. The van der Waals surface area contributed by atoms with E-state index < -0.39 is 11.8 Å². The molecule has 220 valence electrons. The van der Waals surface area contributed by atoms with Gasteiger partial charge in [-0.1, -0.05) is 12.1 Å². The Kier molecular flexibility index (Phi) is 8.03. The van der Waals surface area contributed by atoms with E-state index in [0.717, 1.165) is 57.4 Å². The van der Waals surface area contributed by atoms with Crippen LogP contribution < -0.4 is 10.5 Å². The normalized spacial score (nSPS) is 20.1. The van der Waals surface area contributed by atoms with E-state index in [1.165, 1.54) is 19.5 Å². The Labute approximate surface area is 244 Å². The number of carbonyl (C=O) groups is 1. The second-order valence-electron chi connectivity index (χ2n) is 11.2. The lowest BCUT2D eigenvalue weighted by atomic mass is 9.90. The zero-order valence-electron chi connectivity index (χ0n) is 24.0. The molecule has 6 rings (SSSR count). The first-order chi connectivity index (χ1) is 20.4. The number of benzene rings is 2. The molecule has 2 aliphatic rings. The summed E-state index contributed by atoms with van der Waals surface area (Å²) in [7, 11) is 3.52. The summed E-state index contributed by atoms with van der Waals surface area (Å²) in [5.74, 6) is -0.484. The van der Waals surface area contributed by atoms with Crippen LogP contribution in [0.4, 0.5) is 10.2 Å². The standard InChI is InChI=1S/C31H36FN7O3/c1-37-13-15-38(16-14-37)23-8-10-24(11-9-23)39-30-27(29(33)34-19-35-30)28(36-39)22-7-12-26(25(32)17-22)42-18-20-3-5-21(6-4-20)31(40)41-2/h3-7,12,17,19,23-24H,8-11,13-16,18H2,1-2H3,(H2,33,34,35). The molecule has 1 saturated carbocycles. The fraction of sp³-hybridized carbons (Fsp3) is 0.419. The van der Waals surface area contributed by atoms with Gasteiger partial charge >= 0.3 is 5.97 Å². The van der Waals surface area contributed by atoms with Crippen molar-refractivity contribution < 1.29 is 18.7 Å². The fourth-order valence-corrected chi connectivity index (χ4v) is 6.09. The third-order valence-corrected chi connectivity index (χ3v) is 8.56. The zero-order valence-corrected chi connectivity index (χ0v) is 24.0. The van der Waals surface area contributed by atoms with Gasteiger partial charge in [-0.2, -0.15) is 5.10 Å². The Morgan fingerprint density at radius 2 is 1.71 bits per heavy atom. The molecule has 2 fully saturated rings. The number of fused-ring (bicyclic) bond motifs is 1. The van der Waals surface area contributed by atoms with Crippen LogP contribution in [0, 0.1) is 5.82 Å². The summed E-state index contributed by atoms with van der Waals surface area (Å²) in [6.45, 7) is 4.63. The first-order valence-electron chi connectivity index (χ1n) is 14.4. The van der Waals surface area contributed by atoms with Crippen LogP contribution in [0.5, 0.6) is 5.75 Å². The molecule has 11 heteroatoms. The van der Waals surface area contributed by atoms with Crippen molar-refractivity contribution in [3.8, 4) is 17.0 Å². The van der Waals surface area contributed by atoms with Crippen LogP contribution >= 0.6 is 0 Å². The van der Waals surface area contributed by atoms with Gasteiger partial charge in [-0.3, -0.25) is 4.90 Å². The monoisotopic (exact) mass is 573 g/mol. The van der Waals surface area contributed by atoms with Gasteiger partial charge < -0.3 is 20.1 Å². The Balaban J connectivity index is 1.19. The van der Waals surface area contributed by atoms with Crippen molar-refractivity contribution in [3.05, 3.63) is 65.7 Å². The van der Waals surface area contributed by atoms with Gasteiger partial charge in [-0.25, -0.2) is 23.8 Å². The van der Waals surface area contributed by atoms with Gasteiger partial charge in [0.25, 0.3) is 0 Å². The summed E-state index contributed by atoms with van der Waals surface area (Å²) in [5.41, 5.74) is 9.38. The van der Waals surface area contributed by atoms with Crippen LogP contribution in [-0.4, -0.2) is 81.9 Å². The lowest BCUT2D eigenvalue weighted by molar-refractivity contribution is 0.0600. The molecule has 0 atom stereocenters. The number of anilines is 1. The van der Waals surface area contributed by atoms with Crippen molar-refractivity contribution in [1.82, 2.24) is 29.5 Å². The van der Waals surface area contributed by atoms with E-state index in [0.29, 0.717) is 39.7 Å². The first kappa shape index (κ1) is 28.0. The third kappa shape index (κ3) is 5.66. The molecule has 0 unspecified atom stereocenters. The zero-order chi connectivity index (χ0) is 29.2. The second kappa shape index (κ2) is 12.0. The van der Waals surface area contributed by atoms with E-state index in [1.807, 2.05) is 4.68 Å². The molecule has 1 aliphatic heterocycles. The van der Waals surface area contributed by atoms with Crippen molar-refractivity contribution in [2.45, 2.75) is 44.4 Å². The average Bonchev–Trinajstić information content (AvgIpc) is 3.42. The van der Waals surface area contributed by atoms with Crippen LogP contribution in [0.15, 0.2) is 48.8 Å². The maximum atomic E-state index is 15.3. The highest BCUT2D eigenvalue weighted by atomic mass is 19.1. The number of carbonyl (C=O) groups excluding carboxylic acids is 1. The van der Waals surface area contributed by atoms with Gasteiger partial charge in [0.2, 0.25) is 0 Å². The van der Waals surface area contributed by atoms with Crippen LogP contribution in [0.1, 0.15) is 47.6 Å². The Morgan fingerprint density at radius 3 is 2.40 bits per heavy atom. The molecular weight excluding hydrogens is 537 g/mol. The summed E-state index contributed by atoms with van der Waals surface area (Å²) in [6.07, 6.45) is 5.68. The third-order valence-electron chi connectivity index (χ3n) is 8.56. The van der Waals surface area contributed by atoms with Crippen molar-refractivity contribution in [2.75, 3.05) is 46.1 Å². The molecule has 2 N–H and O–H groups in total. The maximum absolute atomic E-state index is 15.3. The largest absolute Gasteiger partial charge is 0.486 e. The van der Waals surface area contributed by atoms with Crippen molar-refractivity contribution in [1.29, 1.82) is 0 Å². The van der Waals surface area contributed by atoms with E-state index in [9.17, 15) is 4.79 Å². The summed E-state index contributed by atoms with van der Waals surface area (Å²) in [4.78, 5) is 25.4. The highest BCUT2D eigenvalue weighted by molar-refractivity contribution is 5.98. The molecule has 0 radical (unpaired) electrons. The van der Waals surface area contributed by atoms with Gasteiger partial charge in [0.15, 0.2) is 17.2 Å². The number of esters is 1. The maximum Gasteiger partial charge on any atom is 0.337 e. The lowest BCUT2D eigenvalue weighted by Crippen LogP contribution is -2.49. The number of nitrogens with zero attached hydrogens (tertiary/aromatic N) is 6. The smallest absolute Gasteiger partial charge is 0.337 e. The summed E-state index contributed by atoms with van der Waals surface area (Å²) < 4.78 is 27.7. The van der Waals surface area contributed by atoms with Crippen molar-refractivity contribution in [2.24, 2.45) is 0 Å². The molecule has 2 aromatic carbocycles. The van der Waals surface area contributed by atoms with Crippen LogP contribution in [0.2, 0.25) is 0 Å². The molecular formula is C31H36FN7O3. The van der Waals surface area contributed by atoms with E-state index in [4.69, 9.17) is 20.3 Å². The lowest BCUT2D eigenvalue weighted by Gasteiger charge is -2.41. The number of piperazine rings is 1. The fourth-order valence-electron chi connectivity index (χ4n) is 6.09. The molecule has 0 bridgehead atoms. The number of likely N-dealkylation sites (N-methyl/N-ethyl adjacent to an activating group) is 1. The van der Waals surface area contributed by atoms with E-state index in [2.05, 4.69) is 26.8 Å². The summed E-state index contributed by atoms with van der Waals surface area (Å²) >= 11 is 0. The molecule has 1 saturated heterocycles. The molecule has 2 aromatic heterocycles. The molecule has 4 aromatic rings. The number of ether oxygens (including phenoxy) is 2. The minimum absolute atomic E-state index is 0.117. The van der Waals surface area contributed by atoms with E-state index >= 15 is 4.39 Å². The molecule has 42 heavy (non-hydrogen) atoms. The molecule has 0 amide bonds. The number of aromatic nitrogens is 4. The molecule has 0 spiro atoms. The number of hydrogen-bond acceptors (Lipinski definition) is 9. The number of hydrogen-bond donors (Lipinski definition) is 1. The number of methoxy groups -OCH3 is 1. The van der Waals surface area contributed by atoms with Crippen molar-refractivity contribution in [3.63, 3.8) is 0 Å². The number of nitrogens with two attached hydrogens (primary N) is 1. The van der Waals surface area contributed by atoms with E-state index in [1.54, 1.807) is 36.4 Å².